The molecule has 0 amide bonds. The summed E-state index contributed by atoms with van der Waals surface area (Å²) in [6.07, 6.45) is 3.60. The van der Waals surface area contributed by atoms with Crippen molar-refractivity contribution in [2.24, 2.45) is 0 Å². The Labute approximate surface area is 124 Å². The van der Waals surface area contributed by atoms with Crippen molar-refractivity contribution in [1.82, 2.24) is 9.97 Å². The molecule has 0 unspecified atom stereocenters. The van der Waals surface area contributed by atoms with E-state index in [1.165, 1.54) is 0 Å². The molecule has 0 spiro atoms. The van der Waals surface area contributed by atoms with Crippen molar-refractivity contribution in [2.45, 2.75) is 0 Å². The van der Waals surface area contributed by atoms with Crippen molar-refractivity contribution in [3.8, 4) is 0 Å². The van der Waals surface area contributed by atoms with Crippen LogP contribution in [0.15, 0.2) is 48.8 Å². The second-order valence-corrected chi connectivity index (χ2v) is 3.22. The minimum Gasteiger partial charge on any atom is -0.254 e. The molecule has 0 aliphatic carbocycles. The predicted octanol–water partition coefficient (Wildman–Crippen LogP) is 2.71. The van der Waals surface area contributed by atoms with Crippen LogP contribution in [0.5, 0.6) is 0 Å². The van der Waals surface area contributed by atoms with Crippen molar-refractivity contribution >= 4 is 21.8 Å². The molecule has 3 aromatic rings. The number of benzene rings is 1. The molecular weight excluding hydrogens is 324 g/mol. The Balaban J connectivity index is 0.000000597. The fourth-order valence-electron chi connectivity index (χ4n) is 1.68. The smallest absolute Gasteiger partial charge is 0.254 e. The van der Waals surface area contributed by atoms with Gasteiger partial charge in [-0.05, 0) is 12.1 Å². The van der Waals surface area contributed by atoms with Gasteiger partial charge >= 0.3 is 43.7 Å². The summed E-state index contributed by atoms with van der Waals surface area (Å²) >= 11 is 0. The SMILES string of the molecule is [C-]#[O+].[C-]#[O+].[Mo+2].c1cnc2c(c1)ccc1cccnc12. The largest absolute Gasteiger partial charge is 2.00 e. The maximum absolute atomic E-state index is 7.50. The Kier molecular flexibility index (Phi) is 8.31. The van der Waals surface area contributed by atoms with E-state index >= 15 is 0 Å². The zero-order valence-electron chi connectivity index (χ0n) is 9.74. The van der Waals surface area contributed by atoms with Gasteiger partial charge in [-0.3, -0.25) is 9.97 Å². The van der Waals surface area contributed by atoms with Gasteiger partial charge in [0.25, 0.3) is 0 Å². The first-order valence-electron chi connectivity index (χ1n) is 4.94. The van der Waals surface area contributed by atoms with Gasteiger partial charge in [0.05, 0.1) is 11.0 Å². The van der Waals surface area contributed by atoms with E-state index in [0.717, 1.165) is 21.8 Å². The third-order valence-electron chi connectivity index (χ3n) is 2.34. The van der Waals surface area contributed by atoms with Crippen molar-refractivity contribution < 1.29 is 30.4 Å². The van der Waals surface area contributed by atoms with Crippen LogP contribution >= 0.6 is 0 Å². The fourth-order valence-corrected chi connectivity index (χ4v) is 1.68. The van der Waals surface area contributed by atoms with Crippen LogP contribution in [0, 0.1) is 13.3 Å². The van der Waals surface area contributed by atoms with Gasteiger partial charge in [0.2, 0.25) is 0 Å². The third-order valence-corrected chi connectivity index (χ3v) is 2.34. The Bertz CT molecular complexity index is 635. The van der Waals surface area contributed by atoms with E-state index < -0.39 is 0 Å². The van der Waals surface area contributed by atoms with E-state index in [-0.39, 0.29) is 21.1 Å². The van der Waals surface area contributed by atoms with Gasteiger partial charge in [-0.25, -0.2) is 0 Å². The van der Waals surface area contributed by atoms with Crippen LogP contribution in [-0.2, 0) is 30.4 Å². The molecule has 1 aromatic carbocycles. The maximum Gasteiger partial charge on any atom is 2.00 e. The number of rotatable bonds is 0. The van der Waals surface area contributed by atoms with Crippen molar-refractivity contribution in [3.63, 3.8) is 0 Å². The number of fused-ring (bicyclic) bond motifs is 3. The van der Waals surface area contributed by atoms with Crippen LogP contribution in [0.2, 0.25) is 0 Å². The Hall–Kier alpha value is -1.79. The topological polar surface area (TPSA) is 65.6 Å². The summed E-state index contributed by atoms with van der Waals surface area (Å²) in [6, 6.07) is 12.1. The van der Waals surface area contributed by atoms with Gasteiger partial charge in [0, 0.05) is 23.2 Å². The van der Waals surface area contributed by atoms with Crippen molar-refractivity contribution in [2.75, 3.05) is 0 Å². The zero-order valence-corrected chi connectivity index (χ0v) is 11.7. The molecule has 0 N–H and O–H groups in total. The van der Waals surface area contributed by atoms with Crippen LogP contribution in [0.4, 0.5) is 0 Å². The van der Waals surface area contributed by atoms with Crippen molar-refractivity contribution in [1.29, 1.82) is 0 Å². The van der Waals surface area contributed by atoms with E-state index in [4.69, 9.17) is 9.30 Å². The number of hydrogen-bond donors (Lipinski definition) is 0. The first-order chi connectivity index (χ1) is 8.95. The second kappa shape index (κ2) is 9.18. The molecule has 4 nitrogen and oxygen atoms in total. The number of hydrogen-bond acceptors (Lipinski definition) is 2. The van der Waals surface area contributed by atoms with Crippen LogP contribution < -0.4 is 0 Å². The summed E-state index contributed by atoms with van der Waals surface area (Å²) in [5.74, 6) is 0. The molecule has 0 atom stereocenters. The molecule has 90 valence electrons. The van der Waals surface area contributed by atoms with E-state index in [9.17, 15) is 0 Å². The van der Waals surface area contributed by atoms with Crippen molar-refractivity contribution in [3.05, 3.63) is 62.1 Å². The van der Waals surface area contributed by atoms with Gasteiger partial charge in [-0.15, -0.1) is 0 Å². The van der Waals surface area contributed by atoms with Crippen LogP contribution in [0.25, 0.3) is 21.8 Å². The average Bonchev–Trinajstić information content (AvgIpc) is 2.51. The number of aromatic nitrogens is 2. The van der Waals surface area contributed by atoms with Gasteiger partial charge in [0.15, 0.2) is 0 Å². The summed E-state index contributed by atoms with van der Waals surface area (Å²) in [5.41, 5.74) is 1.95. The molecule has 0 fully saturated rings. The fraction of sp³-hybridized carbons (Fsp3) is 0. The molecule has 3 rings (SSSR count). The van der Waals surface area contributed by atoms with Crippen LogP contribution in [0.1, 0.15) is 0 Å². The molecule has 0 saturated heterocycles. The second-order valence-electron chi connectivity index (χ2n) is 3.22. The van der Waals surface area contributed by atoms with Gasteiger partial charge in [0.1, 0.15) is 0 Å². The van der Waals surface area contributed by atoms with Gasteiger partial charge in [-0.2, -0.15) is 0 Å². The Morgan fingerprint density at radius 2 is 1.05 bits per heavy atom. The quantitative estimate of drug-likeness (QED) is 0.275. The Morgan fingerprint density at radius 3 is 1.42 bits per heavy atom. The molecule has 2 heterocycles. The van der Waals surface area contributed by atoms with Crippen LogP contribution in [-0.4, -0.2) is 9.97 Å². The summed E-state index contributed by atoms with van der Waals surface area (Å²) in [5, 5.41) is 2.28. The molecule has 5 heteroatoms. The standard InChI is InChI=1S/C12H8N2.2CO.Mo/c1-3-9-5-6-10-4-2-8-14-12(10)11(9)13-7-1;2*1-2;/h1-8H;;;/q;;;+2. The van der Waals surface area contributed by atoms with E-state index in [2.05, 4.69) is 47.5 Å². The molecule has 0 aliphatic rings. The molecule has 0 aliphatic heterocycles. The normalized spacial score (nSPS) is 8.21. The average molecular weight is 332 g/mol. The number of nitrogens with zero attached hydrogens (tertiary/aromatic N) is 2. The van der Waals surface area contributed by atoms with E-state index in [0.29, 0.717) is 0 Å². The summed E-state index contributed by atoms with van der Waals surface area (Å²) in [4.78, 5) is 8.69. The monoisotopic (exact) mass is 334 g/mol. The molecule has 2 aromatic heterocycles. The summed E-state index contributed by atoms with van der Waals surface area (Å²) < 4.78 is 15.0. The molecule has 0 saturated carbocycles. The van der Waals surface area contributed by atoms with Gasteiger partial charge < -0.3 is 0 Å². The first kappa shape index (κ1) is 17.2. The molecule has 0 radical (unpaired) electrons. The third kappa shape index (κ3) is 3.84. The molecule has 19 heavy (non-hydrogen) atoms. The van der Waals surface area contributed by atoms with Crippen LogP contribution in [0.3, 0.4) is 0 Å². The maximum atomic E-state index is 7.50. The summed E-state index contributed by atoms with van der Waals surface area (Å²) in [7, 11) is 0. The Morgan fingerprint density at radius 1 is 0.684 bits per heavy atom. The minimum absolute atomic E-state index is 0. The molecular formula is C14H8MoN2O2+2. The minimum atomic E-state index is 0. The van der Waals surface area contributed by atoms with Gasteiger partial charge in [-0.1, -0.05) is 24.3 Å². The predicted molar refractivity (Wildman–Crippen MR) is 64.9 cm³/mol. The zero-order chi connectivity index (χ0) is 13.4. The summed E-state index contributed by atoms with van der Waals surface area (Å²) in [6.45, 7) is 9.00. The van der Waals surface area contributed by atoms with E-state index in [1.54, 1.807) is 12.4 Å². The number of pyridine rings is 2. The molecule has 0 bridgehead atoms. The van der Waals surface area contributed by atoms with E-state index in [1.807, 2.05) is 12.1 Å². The first-order valence-corrected chi connectivity index (χ1v) is 4.94.